The molecule has 0 fully saturated rings. The van der Waals surface area contributed by atoms with Crippen molar-refractivity contribution in [2.75, 3.05) is 0 Å². The van der Waals surface area contributed by atoms with Crippen molar-refractivity contribution in [1.29, 1.82) is 0 Å². The fourth-order valence-corrected chi connectivity index (χ4v) is 1.90. The van der Waals surface area contributed by atoms with E-state index in [-0.39, 0.29) is 5.63 Å². The summed E-state index contributed by atoms with van der Waals surface area (Å²) in [5.74, 6) is 6.22. The lowest BCUT2D eigenvalue weighted by Crippen LogP contribution is -1.95. The van der Waals surface area contributed by atoms with E-state index < -0.39 is 0 Å². The summed E-state index contributed by atoms with van der Waals surface area (Å²) >= 11 is 0. The van der Waals surface area contributed by atoms with Gasteiger partial charge in [0, 0.05) is 23.4 Å². The maximum atomic E-state index is 11.2. The second-order valence-corrected chi connectivity index (χ2v) is 3.97. The largest absolute Gasteiger partial charge is 0.423 e. The molecule has 0 N–H and O–H groups in total. The number of rotatable bonds is 0. The van der Waals surface area contributed by atoms with E-state index in [1.165, 1.54) is 6.07 Å². The number of hydrogen-bond donors (Lipinski definition) is 0. The third-order valence-corrected chi connectivity index (χ3v) is 2.75. The first-order valence-electron chi connectivity index (χ1n) is 5.56. The van der Waals surface area contributed by atoms with Crippen molar-refractivity contribution < 1.29 is 4.42 Å². The Hall–Kier alpha value is -2.27. The summed E-state index contributed by atoms with van der Waals surface area (Å²) < 4.78 is 5.15. The van der Waals surface area contributed by atoms with E-state index in [0.717, 1.165) is 29.4 Å². The van der Waals surface area contributed by atoms with Crippen molar-refractivity contribution in [3.8, 4) is 11.8 Å². The molecule has 2 heteroatoms. The van der Waals surface area contributed by atoms with E-state index in [4.69, 9.17) is 4.42 Å². The Kier molecular flexibility index (Phi) is 2.31. The van der Waals surface area contributed by atoms with E-state index in [1.54, 1.807) is 6.07 Å². The van der Waals surface area contributed by atoms with Gasteiger partial charge in [0.25, 0.3) is 0 Å². The molecule has 0 radical (unpaired) electrons. The summed E-state index contributed by atoms with van der Waals surface area (Å²) in [6, 6.07) is 7.06. The molecule has 0 bridgehead atoms. The lowest BCUT2D eigenvalue weighted by atomic mass is 10.0. The molecule has 1 aromatic carbocycles. The van der Waals surface area contributed by atoms with Crippen LogP contribution < -0.4 is 5.63 Å². The first-order valence-corrected chi connectivity index (χ1v) is 5.56. The van der Waals surface area contributed by atoms with Gasteiger partial charge in [0.05, 0.1) is 0 Å². The van der Waals surface area contributed by atoms with Crippen molar-refractivity contribution in [1.82, 2.24) is 0 Å². The standard InChI is InChI=1S/C15H10O2/c16-15-8-7-13-9-11-5-3-1-2-4-6-12(11)10-14(13)17-15/h3,5,7-10H,1-2H2. The molecule has 82 valence electrons. The van der Waals surface area contributed by atoms with Crippen LogP contribution in [0.2, 0.25) is 0 Å². The molecule has 0 atom stereocenters. The van der Waals surface area contributed by atoms with Crippen LogP contribution >= 0.6 is 0 Å². The van der Waals surface area contributed by atoms with Gasteiger partial charge in [-0.1, -0.05) is 24.0 Å². The Morgan fingerprint density at radius 3 is 3.12 bits per heavy atom. The molecule has 0 unspecified atom stereocenters. The van der Waals surface area contributed by atoms with Crippen LogP contribution in [0.15, 0.2) is 39.6 Å². The Morgan fingerprint density at radius 2 is 2.18 bits per heavy atom. The zero-order valence-electron chi connectivity index (χ0n) is 9.19. The summed E-state index contributed by atoms with van der Waals surface area (Å²) in [4.78, 5) is 11.2. The number of allylic oxidation sites excluding steroid dienone is 1. The second kappa shape index (κ2) is 3.95. The van der Waals surface area contributed by atoms with Crippen LogP contribution in [0.25, 0.3) is 17.0 Å². The van der Waals surface area contributed by atoms with Gasteiger partial charge in [-0.3, -0.25) is 0 Å². The molecular formula is C15H10O2. The summed E-state index contributed by atoms with van der Waals surface area (Å²) in [6.45, 7) is 0. The van der Waals surface area contributed by atoms with Crippen molar-refractivity contribution >= 4 is 17.0 Å². The van der Waals surface area contributed by atoms with Gasteiger partial charge >= 0.3 is 5.63 Å². The zero-order valence-corrected chi connectivity index (χ0v) is 9.19. The van der Waals surface area contributed by atoms with Gasteiger partial charge < -0.3 is 4.42 Å². The van der Waals surface area contributed by atoms with Crippen molar-refractivity contribution in [2.45, 2.75) is 12.8 Å². The van der Waals surface area contributed by atoms with E-state index in [0.29, 0.717) is 5.58 Å². The van der Waals surface area contributed by atoms with Crippen LogP contribution in [0.4, 0.5) is 0 Å². The average molecular weight is 222 g/mol. The van der Waals surface area contributed by atoms with Gasteiger partial charge in [-0.2, -0.15) is 0 Å². The molecule has 0 amide bonds. The van der Waals surface area contributed by atoms with Crippen molar-refractivity contribution in [3.05, 3.63) is 51.9 Å². The summed E-state index contributed by atoms with van der Waals surface area (Å²) in [7, 11) is 0. The van der Waals surface area contributed by atoms with Gasteiger partial charge in [-0.15, -0.1) is 0 Å². The predicted molar refractivity (Wildman–Crippen MR) is 67.6 cm³/mol. The molecule has 3 rings (SSSR count). The van der Waals surface area contributed by atoms with Gasteiger partial charge in [-0.05, 0) is 30.2 Å². The first-order chi connectivity index (χ1) is 8.33. The fourth-order valence-electron chi connectivity index (χ4n) is 1.90. The third kappa shape index (κ3) is 1.88. The fraction of sp³-hybridized carbons (Fsp3) is 0.133. The quantitative estimate of drug-likeness (QED) is 0.506. The summed E-state index contributed by atoms with van der Waals surface area (Å²) in [5.41, 5.74) is 2.27. The monoisotopic (exact) mass is 222 g/mol. The predicted octanol–water partition coefficient (Wildman–Crippen LogP) is 2.95. The highest BCUT2D eigenvalue weighted by molar-refractivity contribution is 5.82. The van der Waals surface area contributed by atoms with Crippen LogP contribution in [0.1, 0.15) is 24.0 Å². The molecule has 1 heterocycles. The Bertz CT molecular complexity index is 724. The molecule has 1 aliphatic rings. The Morgan fingerprint density at radius 1 is 1.24 bits per heavy atom. The SMILES string of the molecule is O=c1ccc2cc3c(cc2o1)C#CCCC=C3. The molecule has 0 aliphatic heterocycles. The highest BCUT2D eigenvalue weighted by Gasteiger charge is 2.04. The first kappa shape index (κ1) is 9.92. The van der Waals surface area contributed by atoms with E-state index in [9.17, 15) is 4.79 Å². The highest BCUT2D eigenvalue weighted by Crippen LogP contribution is 2.20. The number of fused-ring (bicyclic) bond motifs is 2. The van der Waals surface area contributed by atoms with Gasteiger partial charge in [0.1, 0.15) is 5.58 Å². The van der Waals surface area contributed by atoms with Crippen LogP contribution in [-0.4, -0.2) is 0 Å². The molecule has 2 aromatic rings. The summed E-state index contributed by atoms with van der Waals surface area (Å²) in [5, 5.41) is 0.926. The third-order valence-electron chi connectivity index (χ3n) is 2.75. The molecule has 2 nitrogen and oxygen atoms in total. The maximum absolute atomic E-state index is 11.2. The maximum Gasteiger partial charge on any atom is 0.336 e. The molecule has 1 aliphatic carbocycles. The van der Waals surface area contributed by atoms with Gasteiger partial charge in [-0.25, -0.2) is 4.79 Å². The van der Waals surface area contributed by atoms with Crippen molar-refractivity contribution in [3.63, 3.8) is 0 Å². The topological polar surface area (TPSA) is 30.2 Å². The number of hydrogen-bond acceptors (Lipinski definition) is 2. The van der Waals surface area contributed by atoms with E-state index in [2.05, 4.69) is 24.0 Å². The van der Waals surface area contributed by atoms with Crippen LogP contribution in [0, 0.1) is 11.8 Å². The molecule has 0 saturated carbocycles. The second-order valence-electron chi connectivity index (χ2n) is 3.97. The Balaban J connectivity index is 2.33. The zero-order chi connectivity index (χ0) is 11.7. The van der Waals surface area contributed by atoms with E-state index in [1.807, 2.05) is 12.1 Å². The summed E-state index contributed by atoms with van der Waals surface area (Å²) in [6.07, 6.45) is 6.05. The normalized spacial score (nSPS) is 13.4. The Labute approximate surface area is 98.6 Å². The van der Waals surface area contributed by atoms with E-state index >= 15 is 0 Å². The molecule has 0 saturated heterocycles. The van der Waals surface area contributed by atoms with Crippen molar-refractivity contribution in [2.24, 2.45) is 0 Å². The average Bonchev–Trinajstić information content (AvgIpc) is 2.29. The lowest BCUT2D eigenvalue weighted by molar-refractivity contribution is 0.561. The lowest BCUT2D eigenvalue weighted by Gasteiger charge is -2.03. The minimum absolute atomic E-state index is 0.327. The molecule has 17 heavy (non-hydrogen) atoms. The highest BCUT2D eigenvalue weighted by atomic mass is 16.4. The molecule has 0 spiro atoms. The number of benzene rings is 1. The minimum Gasteiger partial charge on any atom is -0.423 e. The molecule has 1 aromatic heterocycles. The van der Waals surface area contributed by atoms with Gasteiger partial charge in [0.15, 0.2) is 0 Å². The van der Waals surface area contributed by atoms with Gasteiger partial charge in [0.2, 0.25) is 0 Å². The minimum atomic E-state index is -0.327. The van der Waals surface area contributed by atoms with Crippen LogP contribution in [0.5, 0.6) is 0 Å². The molecular weight excluding hydrogens is 212 g/mol. The smallest absolute Gasteiger partial charge is 0.336 e. The van der Waals surface area contributed by atoms with Crippen LogP contribution in [0.3, 0.4) is 0 Å². The van der Waals surface area contributed by atoms with Crippen LogP contribution in [-0.2, 0) is 0 Å².